The number of unbranched alkanes of at least 4 members (excludes halogenated alkanes) is 1. The highest BCUT2D eigenvalue weighted by Gasteiger charge is 2.19. The van der Waals surface area contributed by atoms with E-state index in [0.29, 0.717) is 11.3 Å². The van der Waals surface area contributed by atoms with Gasteiger partial charge in [-0.25, -0.2) is 5.48 Å². The van der Waals surface area contributed by atoms with Gasteiger partial charge in [-0.15, -0.1) is 0 Å². The van der Waals surface area contributed by atoms with Crippen molar-refractivity contribution in [2.24, 2.45) is 5.73 Å². The smallest absolute Gasteiger partial charge is 0.267 e. The summed E-state index contributed by atoms with van der Waals surface area (Å²) < 4.78 is 0. The van der Waals surface area contributed by atoms with Crippen molar-refractivity contribution in [2.45, 2.75) is 18.9 Å². The molecule has 0 aliphatic heterocycles. The van der Waals surface area contributed by atoms with Gasteiger partial charge in [-0.3, -0.25) is 19.6 Å². The molecule has 0 heterocycles. The first-order valence-corrected chi connectivity index (χ1v) is 11.1. The Morgan fingerprint density at radius 2 is 1.59 bits per heavy atom. The topological polar surface area (TPSA) is 149 Å². The number of nitrogens with one attached hydrogen (secondary N) is 4. The second-order valence-electron chi connectivity index (χ2n) is 8.13. The summed E-state index contributed by atoms with van der Waals surface area (Å²) in [5, 5.41) is 17.2. The third kappa shape index (κ3) is 8.91. The fourth-order valence-corrected chi connectivity index (χ4v) is 3.20. The Labute approximate surface area is 199 Å². The van der Waals surface area contributed by atoms with Crippen LogP contribution in [-0.2, 0) is 9.59 Å². The number of rotatable bonds is 13. The molecular weight excluding hydrogens is 436 g/mol. The molecule has 0 unspecified atom stereocenters. The lowest BCUT2D eigenvalue weighted by Crippen LogP contribution is -2.50. The Bertz CT molecular complexity index is 931. The second-order valence-corrected chi connectivity index (χ2v) is 8.13. The summed E-state index contributed by atoms with van der Waals surface area (Å²) in [5.74, 6) is -1.35. The van der Waals surface area contributed by atoms with Gasteiger partial charge >= 0.3 is 0 Å². The van der Waals surface area contributed by atoms with Gasteiger partial charge in [0, 0.05) is 17.8 Å². The molecule has 7 N–H and O–H groups in total. The Morgan fingerprint density at radius 3 is 2.15 bits per heavy atom. The lowest BCUT2D eigenvalue weighted by molar-refractivity contribution is -0.130. The molecule has 0 saturated heterocycles. The monoisotopic (exact) mass is 470 g/mol. The number of carbonyl (C=O) groups excluding carboxylic acids is 3. The largest absolute Gasteiger partial charge is 0.339 e. The van der Waals surface area contributed by atoms with Crippen LogP contribution < -0.4 is 27.2 Å². The predicted octanol–water partition coefficient (Wildman–Crippen LogP) is 0.786. The number of hydrogen-bond donors (Lipinski definition) is 6. The lowest BCUT2D eigenvalue weighted by atomic mass is 10.0. The van der Waals surface area contributed by atoms with E-state index in [1.54, 1.807) is 24.3 Å². The highest BCUT2D eigenvalue weighted by molar-refractivity contribution is 5.98. The van der Waals surface area contributed by atoms with E-state index in [1.807, 2.05) is 38.4 Å². The molecule has 0 fully saturated rings. The Balaban J connectivity index is 1.84. The van der Waals surface area contributed by atoms with Gasteiger partial charge in [-0.1, -0.05) is 24.3 Å². The molecule has 34 heavy (non-hydrogen) atoms. The van der Waals surface area contributed by atoms with E-state index in [2.05, 4.69) is 20.9 Å². The molecule has 2 aromatic carbocycles. The molecule has 0 aromatic heterocycles. The average molecular weight is 471 g/mol. The molecule has 3 amide bonds. The van der Waals surface area contributed by atoms with Gasteiger partial charge in [0.25, 0.3) is 11.8 Å². The maximum absolute atomic E-state index is 12.3. The number of benzene rings is 2. The maximum atomic E-state index is 12.3. The molecule has 0 aliphatic rings. The maximum Gasteiger partial charge on any atom is 0.267 e. The predicted molar refractivity (Wildman–Crippen MR) is 131 cm³/mol. The zero-order chi connectivity index (χ0) is 24.9. The first kappa shape index (κ1) is 26.9. The molecule has 0 spiro atoms. The van der Waals surface area contributed by atoms with Crippen LogP contribution in [0.4, 0.5) is 5.69 Å². The van der Waals surface area contributed by atoms with Gasteiger partial charge in [0.05, 0.1) is 6.54 Å². The number of hydroxylamine groups is 1. The quantitative estimate of drug-likeness (QED) is 0.144. The summed E-state index contributed by atoms with van der Waals surface area (Å²) in [7, 11) is 4.09. The van der Waals surface area contributed by atoms with E-state index >= 15 is 0 Å². The van der Waals surface area contributed by atoms with Crippen molar-refractivity contribution in [3.63, 3.8) is 0 Å². The van der Waals surface area contributed by atoms with Crippen molar-refractivity contribution in [2.75, 3.05) is 45.6 Å². The van der Waals surface area contributed by atoms with Crippen molar-refractivity contribution in [1.29, 1.82) is 0 Å². The summed E-state index contributed by atoms with van der Waals surface area (Å²) in [6.45, 7) is 1.95. The zero-order valence-corrected chi connectivity index (χ0v) is 19.6. The van der Waals surface area contributed by atoms with Crippen LogP contribution in [0.2, 0.25) is 0 Å². The van der Waals surface area contributed by atoms with Crippen LogP contribution in [-0.4, -0.2) is 74.1 Å². The first-order valence-electron chi connectivity index (χ1n) is 11.1. The molecule has 0 radical (unpaired) electrons. The molecule has 2 rings (SSSR count). The van der Waals surface area contributed by atoms with E-state index in [1.165, 1.54) is 5.48 Å². The van der Waals surface area contributed by atoms with E-state index in [-0.39, 0.29) is 19.0 Å². The normalized spacial score (nSPS) is 11.7. The number of nitrogens with zero attached hydrogens (tertiary/aromatic N) is 1. The number of carbonyl (C=O) groups is 3. The van der Waals surface area contributed by atoms with Crippen LogP contribution in [0.15, 0.2) is 48.5 Å². The summed E-state index contributed by atoms with van der Waals surface area (Å²) in [5.41, 5.74) is 9.79. The fraction of sp³-hybridized carbons (Fsp3) is 0.375. The van der Waals surface area contributed by atoms with Gasteiger partial charge in [-0.05, 0) is 75.4 Å². The fourth-order valence-electron chi connectivity index (χ4n) is 3.20. The van der Waals surface area contributed by atoms with E-state index in [9.17, 15) is 14.4 Å². The van der Waals surface area contributed by atoms with Gasteiger partial charge in [0.2, 0.25) is 5.91 Å². The highest BCUT2D eigenvalue weighted by Crippen LogP contribution is 2.22. The Hall–Kier alpha value is -3.31. The number of amides is 3. The standard InChI is InChI=1S/C24H34N6O4/c1-30(2)14-4-3-13-26-16-22(31)27-20-11-9-18(10-12-20)17-5-7-19(8-6-17)23(32)28-21(15-25)24(33)29-34/h5-12,21,26,34H,3-4,13-16,25H2,1-2H3,(H,27,31)(H,28,32)(H,29,33)/t21-/m0/s1. The van der Waals surface area contributed by atoms with Crippen molar-refractivity contribution < 1.29 is 19.6 Å². The SMILES string of the molecule is CN(C)CCCCNCC(=O)Nc1ccc(-c2ccc(C(=O)N[C@@H](CN)C(=O)NO)cc2)cc1. The van der Waals surface area contributed by atoms with Crippen molar-refractivity contribution in [1.82, 2.24) is 21.0 Å². The minimum Gasteiger partial charge on any atom is -0.339 e. The van der Waals surface area contributed by atoms with E-state index in [4.69, 9.17) is 10.9 Å². The van der Waals surface area contributed by atoms with Crippen LogP contribution in [0.5, 0.6) is 0 Å². The molecule has 0 bridgehead atoms. The molecule has 0 saturated carbocycles. The van der Waals surface area contributed by atoms with Gasteiger partial charge in [-0.2, -0.15) is 0 Å². The number of hydrogen-bond acceptors (Lipinski definition) is 7. The minimum absolute atomic E-state index is 0.0959. The third-order valence-corrected chi connectivity index (χ3v) is 5.11. The van der Waals surface area contributed by atoms with Crippen LogP contribution in [0.1, 0.15) is 23.2 Å². The van der Waals surface area contributed by atoms with Gasteiger partial charge < -0.3 is 26.6 Å². The number of nitrogens with two attached hydrogens (primary N) is 1. The molecule has 2 aromatic rings. The van der Waals surface area contributed by atoms with Gasteiger partial charge in [0.15, 0.2) is 0 Å². The molecule has 10 nitrogen and oxygen atoms in total. The zero-order valence-electron chi connectivity index (χ0n) is 19.6. The molecule has 184 valence electrons. The molecule has 10 heteroatoms. The molecule has 0 aliphatic carbocycles. The molecular formula is C24H34N6O4. The number of anilines is 1. The first-order chi connectivity index (χ1) is 16.3. The van der Waals surface area contributed by atoms with E-state index in [0.717, 1.165) is 37.1 Å². The average Bonchev–Trinajstić information content (AvgIpc) is 2.84. The van der Waals surface area contributed by atoms with Crippen molar-refractivity contribution in [3.05, 3.63) is 54.1 Å². The Kier molecular flexibility index (Phi) is 11.1. The van der Waals surface area contributed by atoms with Gasteiger partial charge in [0.1, 0.15) is 6.04 Å². The van der Waals surface area contributed by atoms with Crippen LogP contribution >= 0.6 is 0 Å². The van der Waals surface area contributed by atoms with Crippen molar-refractivity contribution >= 4 is 23.4 Å². The van der Waals surface area contributed by atoms with Crippen LogP contribution in [0.3, 0.4) is 0 Å². The molecule has 1 atom stereocenters. The summed E-state index contributed by atoms with van der Waals surface area (Å²) >= 11 is 0. The summed E-state index contributed by atoms with van der Waals surface area (Å²) in [4.78, 5) is 38.0. The lowest BCUT2D eigenvalue weighted by Gasteiger charge is -2.14. The third-order valence-electron chi connectivity index (χ3n) is 5.11. The second kappa shape index (κ2) is 14.1. The highest BCUT2D eigenvalue weighted by atomic mass is 16.5. The van der Waals surface area contributed by atoms with Crippen LogP contribution in [0.25, 0.3) is 11.1 Å². The summed E-state index contributed by atoms with van der Waals surface area (Å²) in [6, 6.07) is 13.2. The Morgan fingerprint density at radius 1 is 0.971 bits per heavy atom. The van der Waals surface area contributed by atoms with Crippen molar-refractivity contribution in [3.8, 4) is 11.1 Å². The minimum atomic E-state index is -1.03. The summed E-state index contributed by atoms with van der Waals surface area (Å²) in [6.07, 6.45) is 2.11. The van der Waals surface area contributed by atoms with Crippen LogP contribution in [0, 0.1) is 0 Å². The van der Waals surface area contributed by atoms with E-state index < -0.39 is 17.9 Å².